The molecule has 0 spiro atoms. The second-order valence-corrected chi connectivity index (χ2v) is 6.09. The maximum absolute atomic E-state index is 12.4. The van der Waals surface area contributed by atoms with Gasteiger partial charge in [0.25, 0.3) is 5.91 Å². The number of likely N-dealkylation sites (tertiary alicyclic amines) is 1. The molecular weight excluding hydrogens is 250 g/mol. The van der Waals surface area contributed by atoms with Crippen molar-refractivity contribution < 1.29 is 9.90 Å². The zero-order valence-electron chi connectivity index (χ0n) is 12.6. The Morgan fingerprint density at radius 1 is 1.25 bits per heavy atom. The lowest BCUT2D eigenvalue weighted by Crippen LogP contribution is -2.45. The first-order valence-electron chi connectivity index (χ1n) is 7.62. The third-order valence-corrected chi connectivity index (χ3v) is 4.15. The molecular formula is C17H25NO2. The first-order chi connectivity index (χ1) is 9.52. The number of hydrogen-bond donors (Lipinski definition) is 1. The van der Waals surface area contributed by atoms with E-state index in [4.69, 9.17) is 0 Å². The van der Waals surface area contributed by atoms with Crippen LogP contribution in [-0.2, 0) is 6.42 Å². The van der Waals surface area contributed by atoms with Gasteiger partial charge in [0.05, 0.1) is 5.60 Å². The summed E-state index contributed by atoms with van der Waals surface area (Å²) in [5, 5.41) is 9.93. The molecule has 1 N–H and O–H groups in total. The quantitative estimate of drug-likeness (QED) is 0.917. The molecule has 1 aromatic carbocycles. The third-order valence-electron chi connectivity index (χ3n) is 4.15. The van der Waals surface area contributed by atoms with Crippen molar-refractivity contribution in [2.75, 3.05) is 13.1 Å². The topological polar surface area (TPSA) is 40.5 Å². The monoisotopic (exact) mass is 275 g/mol. The van der Waals surface area contributed by atoms with Crippen LogP contribution in [0, 0.1) is 0 Å². The lowest BCUT2D eigenvalue weighted by molar-refractivity contribution is -0.00202. The van der Waals surface area contributed by atoms with Crippen molar-refractivity contribution in [3.63, 3.8) is 0 Å². The molecule has 1 aliphatic heterocycles. The summed E-state index contributed by atoms with van der Waals surface area (Å²) in [4.78, 5) is 14.2. The van der Waals surface area contributed by atoms with Gasteiger partial charge in [0, 0.05) is 18.7 Å². The number of piperidine rings is 1. The van der Waals surface area contributed by atoms with Gasteiger partial charge in [0.15, 0.2) is 0 Å². The van der Waals surface area contributed by atoms with Crippen LogP contribution in [0.15, 0.2) is 24.3 Å². The molecule has 0 unspecified atom stereocenters. The van der Waals surface area contributed by atoms with Crippen molar-refractivity contribution in [3.8, 4) is 0 Å². The zero-order chi connectivity index (χ0) is 14.6. The Kier molecular flexibility index (Phi) is 4.81. The molecule has 0 aromatic heterocycles. The smallest absolute Gasteiger partial charge is 0.253 e. The normalized spacial score (nSPS) is 18.1. The predicted molar refractivity (Wildman–Crippen MR) is 80.8 cm³/mol. The fourth-order valence-electron chi connectivity index (χ4n) is 2.57. The van der Waals surface area contributed by atoms with Crippen molar-refractivity contribution in [3.05, 3.63) is 35.4 Å². The minimum Gasteiger partial charge on any atom is -0.390 e. The largest absolute Gasteiger partial charge is 0.390 e. The summed E-state index contributed by atoms with van der Waals surface area (Å²) in [7, 11) is 0. The van der Waals surface area contributed by atoms with Crippen LogP contribution in [-0.4, -0.2) is 34.6 Å². The summed E-state index contributed by atoms with van der Waals surface area (Å²) in [6, 6.07) is 7.98. The average molecular weight is 275 g/mol. The van der Waals surface area contributed by atoms with Crippen molar-refractivity contribution in [1.29, 1.82) is 0 Å². The van der Waals surface area contributed by atoms with Crippen LogP contribution in [0.2, 0.25) is 0 Å². The number of carbonyl (C=O) groups excluding carboxylic acids is 1. The van der Waals surface area contributed by atoms with Crippen LogP contribution < -0.4 is 0 Å². The van der Waals surface area contributed by atoms with Gasteiger partial charge in [-0.05, 0) is 50.3 Å². The molecule has 2 rings (SSSR count). The van der Waals surface area contributed by atoms with Crippen LogP contribution in [0.25, 0.3) is 0 Å². The Labute approximate surface area is 121 Å². The highest BCUT2D eigenvalue weighted by Crippen LogP contribution is 2.22. The number of unbranched alkanes of at least 4 members (excludes halogenated alkanes) is 1. The number of aliphatic hydroxyl groups is 1. The first kappa shape index (κ1) is 15.0. The van der Waals surface area contributed by atoms with Crippen molar-refractivity contribution >= 4 is 5.91 Å². The maximum Gasteiger partial charge on any atom is 0.253 e. The molecule has 1 aromatic rings. The van der Waals surface area contributed by atoms with Gasteiger partial charge >= 0.3 is 0 Å². The lowest BCUT2D eigenvalue weighted by Gasteiger charge is -2.35. The van der Waals surface area contributed by atoms with Gasteiger partial charge in [-0.2, -0.15) is 0 Å². The van der Waals surface area contributed by atoms with E-state index >= 15 is 0 Å². The Hall–Kier alpha value is -1.35. The van der Waals surface area contributed by atoms with Gasteiger partial charge in [-0.3, -0.25) is 4.79 Å². The van der Waals surface area contributed by atoms with Crippen LogP contribution in [0.5, 0.6) is 0 Å². The summed E-state index contributed by atoms with van der Waals surface area (Å²) in [5.41, 5.74) is 1.44. The maximum atomic E-state index is 12.4. The third kappa shape index (κ3) is 3.83. The number of amides is 1. The number of aryl methyl sites for hydroxylation is 1. The predicted octanol–water partition coefficient (Wildman–Crippen LogP) is 3.02. The van der Waals surface area contributed by atoms with Gasteiger partial charge in [-0.25, -0.2) is 0 Å². The number of carbonyl (C=O) groups is 1. The summed E-state index contributed by atoms with van der Waals surface area (Å²) >= 11 is 0. The Bertz CT molecular complexity index is 441. The minimum atomic E-state index is -0.610. The minimum absolute atomic E-state index is 0.0857. The second-order valence-electron chi connectivity index (χ2n) is 6.09. The molecule has 3 nitrogen and oxygen atoms in total. The van der Waals surface area contributed by atoms with E-state index in [-0.39, 0.29) is 5.91 Å². The molecule has 1 aliphatic rings. The van der Waals surface area contributed by atoms with E-state index in [0.717, 1.165) is 12.0 Å². The second kappa shape index (κ2) is 6.40. The van der Waals surface area contributed by atoms with E-state index in [2.05, 4.69) is 19.1 Å². The summed E-state index contributed by atoms with van der Waals surface area (Å²) in [6.45, 7) is 5.31. The van der Waals surface area contributed by atoms with Gasteiger partial charge in [0.1, 0.15) is 0 Å². The van der Waals surface area contributed by atoms with Gasteiger partial charge in [0.2, 0.25) is 0 Å². The number of rotatable bonds is 4. The summed E-state index contributed by atoms with van der Waals surface area (Å²) < 4.78 is 0. The van der Waals surface area contributed by atoms with E-state index in [0.29, 0.717) is 25.9 Å². The molecule has 1 saturated heterocycles. The molecule has 0 aliphatic carbocycles. The highest BCUT2D eigenvalue weighted by atomic mass is 16.3. The number of hydrogen-bond acceptors (Lipinski definition) is 2. The molecule has 0 saturated carbocycles. The molecule has 110 valence electrons. The Morgan fingerprint density at radius 3 is 2.40 bits per heavy atom. The molecule has 1 heterocycles. The van der Waals surface area contributed by atoms with E-state index in [1.165, 1.54) is 18.4 Å². The molecule has 20 heavy (non-hydrogen) atoms. The average Bonchev–Trinajstić information content (AvgIpc) is 2.45. The van der Waals surface area contributed by atoms with Crippen molar-refractivity contribution in [1.82, 2.24) is 4.90 Å². The molecule has 1 amide bonds. The summed E-state index contributed by atoms with van der Waals surface area (Å²) in [6.07, 6.45) is 4.78. The van der Waals surface area contributed by atoms with E-state index in [1.807, 2.05) is 24.0 Å². The van der Waals surface area contributed by atoms with Crippen LogP contribution >= 0.6 is 0 Å². The lowest BCUT2D eigenvalue weighted by atomic mass is 9.93. The molecule has 0 atom stereocenters. The zero-order valence-corrected chi connectivity index (χ0v) is 12.6. The van der Waals surface area contributed by atoms with Crippen molar-refractivity contribution in [2.24, 2.45) is 0 Å². The van der Waals surface area contributed by atoms with E-state index in [9.17, 15) is 9.90 Å². The van der Waals surface area contributed by atoms with E-state index in [1.54, 1.807) is 0 Å². The van der Waals surface area contributed by atoms with Gasteiger partial charge in [-0.1, -0.05) is 25.5 Å². The fourth-order valence-corrected chi connectivity index (χ4v) is 2.57. The number of nitrogens with zero attached hydrogens (tertiary/aromatic N) is 1. The Morgan fingerprint density at radius 2 is 1.85 bits per heavy atom. The number of benzene rings is 1. The van der Waals surface area contributed by atoms with Gasteiger partial charge < -0.3 is 10.0 Å². The molecule has 0 radical (unpaired) electrons. The van der Waals surface area contributed by atoms with Gasteiger partial charge in [-0.15, -0.1) is 0 Å². The van der Waals surface area contributed by atoms with Crippen LogP contribution in [0.3, 0.4) is 0 Å². The highest BCUT2D eigenvalue weighted by Gasteiger charge is 2.29. The molecule has 3 heteroatoms. The van der Waals surface area contributed by atoms with E-state index < -0.39 is 5.60 Å². The fraction of sp³-hybridized carbons (Fsp3) is 0.588. The standard InChI is InChI=1S/C17H25NO2/c1-3-4-5-14-6-8-15(9-7-14)16(19)18-12-10-17(2,20)11-13-18/h6-9,20H,3-5,10-13H2,1-2H3. The SMILES string of the molecule is CCCCc1ccc(C(=O)N2CCC(C)(O)CC2)cc1. The first-order valence-corrected chi connectivity index (χ1v) is 7.62. The van der Waals surface area contributed by atoms with Crippen molar-refractivity contribution in [2.45, 2.75) is 51.6 Å². The Balaban J connectivity index is 1.96. The van der Waals surface area contributed by atoms with Crippen LogP contribution in [0.1, 0.15) is 55.5 Å². The highest BCUT2D eigenvalue weighted by molar-refractivity contribution is 5.94. The van der Waals surface area contributed by atoms with Crippen LogP contribution in [0.4, 0.5) is 0 Å². The molecule has 0 bridgehead atoms. The molecule has 1 fully saturated rings. The summed E-state index contributed by atoms with van der Waals surface area (Å²) in [5.74, 6) is 0.0857.